The second kappa shape index (κ2) is 4.00. The van der Waals surface area contributed by atoms with E-state index in [1.807, 2.05) is 7.11 Å². The van der Waals surface area contributed by atoms with Gasteiger partial charge in [-0.25, -0.2) is 0 Å². The molecule has 1 aliphatic rings. The van der Waals surface area contributed by atoms with Crippen molar-refractivity contribution in [1.29, 1.82) is 0 Å². The Labute approximate surface area is 82.9 Å². The molecule has 0 aliphatic heterocycles. The third-order valence-electron chi connectivity index (χ3n) is 3.46. The van der Waals surface area contributed by atoms with E-state index in [0.717, 1.165) is 5.92 Å². The van der Waals surface area contributed by atoms with Crippen LogP contribution in [0.1, 0.15) is 40.0 Å². The zero-order chi connectivity index (χ0) is 10.1. The molecule has 1 radical (unpaired) electrons. The topological polar surface area (TPSA) is 9.23 Å². The fourth-order valence-electron chi connectivity index (χ4n) is 2.27. The van der Waals surface area contributed by atoms with Crippen molar-refractivity contribution in [2.45, 2.75) is 46.1 Å². The standard InChI is InChI=1S/C12H23O/c1-9-6-7-10(12(2,3)4)8-11(9)13-5/h9-11H,1,6-8H2,2-5H3/t9?,10-,11-/m1/s1. The maximum atomic E-state index is 5.47. The second-order valence-corrected chi connectivity index (χ2v) is 5.41. The van der Waals surface area contributed by atoms with Gasteiger partial charge in [0.25, 0.3) is 0 Å². The Hall–Kier alpha value is -0.0400. The predicted octanol–water partition coefficient (Wildman–Crippen LogP) is 3.30. The van der Waals surface area contributed by atoms with E-state index in [-0.39, 0.29) is 0 Å². The summed E-state index contributed by atoms with van der Waals surface area (Å²) in [5, 5.41) is 0. The van der Waals surface area contributed by atoms with Crippen LogP contribution in [-0.2, 0) is 4.74 Å². The average Bonchev–Trinajstić information content (AvgIpc) is 2.03. The molecule has 0 amide bonds. The van der Waals surface area contributed by atoms with Crippen LogP contribution in [0.25, 0.3) is 0 Å². The summed E-state index contributed by atoms with van der Waals surface area (Å²) in [6.45, 7) is 11.1. The first-order chi connectivity index (χ1) is 5.95. The Kier molecular flexibility index (Phi) is 3.39. The fourth-order valence-corrected chi connectivity index (χ4v) is 2.27. The van der Waals surface area contributed by atoms with Gasteiger partial charge in [-0.15, -0.1) is 0 Å². The molecule has 0 aromatic carbocycles. The Morgan fingerprint density at radius 1 is 1.23 bits per heavy atom. The molecule has 0 spiro atoms. The van der Waals surface area contributed by atoms with Crippen LogP contribution < -0.4 is 0 Å². The summed E-state index contributed by atoms with van der Waals surface area (Å²) in [4.78, 5) is 0. The number of hydrogen-bond donors (Lipinski definition) is 0. The minimum absolute atomic E-state index is 0.387. The summed E-state index contributed by atoms with van der Waals surface area (Å²) in [5.41, 5.74) is 0.428. The molecule has 0 bridgehead atoms. The molecule has 0 N–H and O–H groups in total. The zero-order valence-electron chi connectivity index (χ0n) is 9.47. The molecular weight excluding hydrogens is 160 g/mol. The summed E-state index contributed by atoms with van der Waals surface area (Å²) in [7, 11) is 1.81. The second-order valence-electron chi connectivity index (χ2n) is 5.41. The first-order valence-corrected chi connectivity index (χ1v) is 5.31. The van der Waals surface area contributed by atoms with E-state index in [0.29, 0.717) is 17.4 Å². The van der Waals surface area contributed by atoms with Gasteiger partial charge < -0.3 is 4.74 Å². The van der Waals surface area contributed by atoms with Crippen LogP contribution in [-0.4, -0.2) is 13.2 Å². The van der Waals surface area contributed by atoms with Gasteiger partial charge in [-0.3, -0.25) is 0 Å². The maximum Gasteiger partial charge on any atom is 0.0602 e. The third kappa shape index (κ3) is 2.70. The number of hydrogen-bond acceptors (Lipinski definition) is 1. The van der Waals surface area contributed by atoms with Crippen molar-refractivity contribution in [1.82, 2.24) is 0 Å². The lowest BCUT2D eigenvalue weighted by Crippen LogP contribution is -2.35. The van der Waals surface area contributed by atoms with Crippen LogP contribution in [0.4, 0.5) is 0 Å². The van der Waals surface area contributed by atoms with Crippen LogP contribution >= 0.6 is 0 Å². The van der Waals surface area contributed by atoms with Crippen molar-refractivity contribution >= 4 is 0 Å². The minimum atomic E-state index is 0.387. The van der Waals surface area contributed by atoms with Gasteiger partial charge in [0.05, 0.1) is 6.10 Å². The third-order valence-corrected chi connectivity index (χ3v) is 3.46. The molecule has 1 fully saturated rings. The molecule has 3 atom stereocenters. The number of methoxy groups -OCH3 is 1. The van der Waals surface area contributed by atoms with Gasteiger partial charge in [0.15, 0.2) is 0 Å². The molecule has 0 aromatic rings. The minimum Gasteiger partial charge on any atom is -0.381 e. The summed E-state index contributed by atoms with van der Waals surface area (Å²) in [5.74, 6) is 1.30. The Bertz CT molecular complexity index is 157. The Balaban J connectivity index is 2.55. The molecule has 0 aromatic heterocycles. The highest BCUT2D eigenvalue weighted by atomic mass is 16.5. The quantitative estimate of drug-likeness (QED) is 0.606. The fraction of sp³-hybridized carbons (Fsp3) is 0.917. The highest BCUT2D eigenvalue weighted by molar-refractivity contribution is 4.86. The smallest absolute Gasteiger partial charge is 0.0602 e. The molecule has 77 valence electrons. The van der Waals surface area contributed by atoms with Crippen LogP contribution in [0.15, 0.2) is 0 Å². The molecule has 1 saturated carbocycles. The molecule has 13 heavy (non-hydrogen) atoms. The van der Waals surface area contributed by atoms with E-state index in [1.165, 1.54) is 19.3 Å². The molecule has 1 heteroatoms. The van der Waals surface area contributed by atoms with Gasteiger partial charge in [0, 0.05) is 7.11 Å². The molecule has 0 saturated heterocycles. The van der Waals surface area contributed by atoms with Gasteiger partial charge in [-0.05, 0) is 43.4 Å². The van der Waals surface area contributed by atoms with Gasteiger partial charge >= 0.3 is 0 Å². The lowest BCUT2D eigenvalue weighted by atomic mass is 9.69. The molecule has 1 unspecified atom stereocenters. The first kappa shape index (κ1) is 11.0. The summed E-state index contributed by atoms with van der Waals surface area (Å²) in [6.07, 6.45) is 4.12. The van der Waals surface area contributed by atoms with Crippen molar-refractivity contribution in [3.8, 4) is 0 Å². The van der Waals surface area contributed by atoms with Crippen molar-refractivity contribution in [2.24, 2.45) is 17.3 Å². The number of ether oxygens (including phenoxy) is 1. The van der Waals surface area contributed by atoms with E-state index in [4.69, 9.17) is 4.74 Å². The summed E-state index contributed by atoms with van der Waals surface area (Å²) >= 11 is 0. The zero-order valence-corrected chi connectivity index (χ0v) is 9.47. The summed E-state index contributed by atoms with van der Waals surface area (Å²) in [6, 6.07) is 0. The van der Waals surface area contributed by atoms with Crippen molar-refractivity contribution in [3.63, 3.8) is 0 Å². The molecular formula is C12H23O. The highest BCUT2D eigenvalue weighted by Gasteiger charge is 2.33. The lowest BCUT2D eigenvalue weighted by molar-refractivity contribution is -0.00349. The van der Waals surface area contributed by atoms with Gasteiger partial charge in [0.2, 0.25) is 0 Å². The molecule has 1 aliphatic carbocycles. The van der Waals surface area contributed by atoms with E-state index >= 15 is 0 Å². The van der Waals surface area contributed by atoms with Crippen molar-refractivity contribution in [2.75, 3.05) is 7.11 Å². The Morgan fingerprint density at radius 2 is 1.85 bits per heavy atom. The van der Waals surface area contributed by atoms with E-state index in [2.05, 4.69) is 27.7 Å². The first-order valence-electron chi connectivity index (χ1n) is 5.31. The summed E-state index contributed by atoms with van der Waals surface area (Å²) < 4.78 is 5.47. The normalized spacial score (nSPS) is 36.2. The average molecular weight is 183 g/mol. The molecule has 1 nitrogen and oxygen atoms in total. The van der Waals surface area contributed by atoms with Crippen molar-refractivity contribution in [3.05, 3.63) is 6.92 Å². The van der Waals surface area contributed by atoms with E-state index in [1.54, 1.807) is 0 Å². The van der Waals surface area contributed by atoms with Gasteiger partial charge in [-0.2, -0.15) is 0 Å². The largest absolute Gasteiger partial charge is 0.381 e. The van der Waals surface area contributed by atoms with Crippen LogP contribution in [0.5, 0.6) is 0 Å². The highest BCUT2D eigenvalue weighted by Crippen LogP contribution is 2.40. The van der Waals surface area contributed by atoms with Crippen LogP contribution in [0, 0.1) is 24.2 Å². The molecule has 0 heterocycles. The lowest BCUT2D eigenvalue weighted by Gasteiger charge is -2.40. The van der Waals surface area contributed by atoms with E-state index in [9.17, 15) is 0 Å². The maximum absolute atomic E-state index is 5.47. The van der Waals surface area contributed by atoms with Crippen molar-refractivity contribution < 1.29 is 4.74 Å². The van der Waals surface area contributed by atoms with Gasteiger partial charge in [-0.1, -0.05) is 20.8 Å². The van der Waals surface area contributed by atoms with Gasteiger partial charge in [0.1, 0.15) is 0 Å². The van der Waals surface area contributed by atoms with Crippen LogP contribution in [0.3, 0.4) is 0 Å². The Morgan fingerprint density at radius 3 is 2.31 bits per heavy atom. The van der Waals surface area contributed by atoms with Crippen LogP contribution in [0.2, 0.25) is 0 Å². The van der Waals surface area contributed by atoms with E-state index < -0.39 is 0 Å². The molecule has 1 rings (SSSR count). The number of rotatable bonds is 1. The monoisotopic (exact) mass is 183 g/mol. The predicted molar refractivity (Wildman–Crippen MR) is 56.4 cm³/mol. The SMILES string of the molecule is [CH2]C1CC[C@@H](C(C)(C)C)C[C@H]1OC.